The summed E-state index contributed by atoms with van der Waals surface area (Å²) >= 11 is 0. The van der Waals surface area contributed by atoms with Gasteiger partial charge in [-0.2, -0.15) is 0 Å². The number of aromatic nitrogens is 1. The Morgan fingerprint density at radius 3 is 2.50 bits per heavy atom. The van der Waals surface area contributed by atoms with E-state index in [2.05, 4.69) is 11.9 Å². The summed E-state index contributed by atoms with van der Waals surface area (Å²) in [7, 11) is -1.82. The number of fused-ring (bicyclic) bond motifs is 2. The summed E-state index contributed by atoms with van der Waals surface area (Å²) in [6.45, 7) is 2.68. The third kappa shape index (κ3) is 3.24. The highest BCUT2D eigenvalue weighted by Crippen LogP contribution is 2.38. The van der Waals surface area contributed by atoms with E-state index >= 15 is 0 Å². The number of rotatable bonds is 3. The highest BCUT2D eigenvalue weighted by molar-refractivity contribution is 7.90. The van der Waals surface area contributed by atoms with Gasteiger partial charge < -0.3 is 14.4 Å². The molecule has 0 amide bonds. The van der Waals surface area contributed by atoms with E-state index in [4.69, 9.17) is 9.47 Å². The lowest BCUT2D eigenvalue weighted by molar-refractivity contribution is 0.171. The Kier molecular flexibility index (Phi) is 4.71. The molecule has 6 nitrogen and oxygen atoms in total. The van der Waals surface area contributed by atoms with E-state index in [9.17, 15) is 12.8 Å². The SMILES string of the molecule is CN1CCC(c2cn(S(=O)(=O)c3ccc4c(c3)OCCO4)c3ccc(F)cc23)CC1. The normalized spacial score (nSPS) is 18.1. The van der Waals surface area contributed by atoms with Crippen LogP contribution in [0.3, 0.4) is 0 Å². The van der Waals surface area contributed by atoms with Gasteiger partial charge in [0, 0.05) is 17.6 Å². The van der Waals surface area contributed by atoms with E-state index in [0.717, 1.165) is 31.5 Å². The zero-order valence-electron chi connectivity index (χ0n) is 16.7. The lowest BCUT2D eigenvalue weighted by atomic mass is 9.89. The maximum Gasteiger partial charge on any atom is 0.268 e. The quantitative estimate of drug-likeness (QED) is 0.636. The summed E-state index contributed by atoms with van der Waals surface area (Å²) in [4.78, 5) is 2.37. The highest BCUT2D eigenvalue weighted by Gasteiger charge is 2.28. The molecule has 0 atom stereocenters. The number of halogens is 1. The van der Waals surface area contributed by atoms with Crippen LogP contribution in [0.15, 0.2) is 47.5 Å². The number of hydrogen-bond acceptors (Lipinski definition) is 5. The summed E-state index contributed by atoms with van der Waals surface area (Å²) in [5.74, 6) is 0.778. The molecule has 0 N–H and O–H groups in total. The van der Waals surface area contributed by atoms with Crippen LogP contribution in [0.25, 0.3) is 10.9 Å². The second kappa shape index (κ2) is 7.28. The van der Waals surface area contributed by atoms with Gasteiger partial charge in [-0.3, -0.25) is 0 Å². The molecule has 0 radical (unpaired) electrons. The van der Waals surface area contributed by atoms with Crippen molar-refractivity contribution in [2.75, 3.05) is 33.4 Å². The van der Waals surface area contributed by atoms with Gasteiger partial charge in [0.1, 0.15) is 19.0 Å². The van der Waals surface area contributed by atoms with Crippen LogP contribution in [0, 0.1) is 5.82 Å². The summed E-state index contributed by atoms with van der Waals surface area (Å²) in [6.07, 6.45) is 3.50. The van der Waals surface area contributed by atoms with Gasteiger partial charge in [0.05, 0.1) is 10.4 Å². The Labute approximate surface area is 174 Å². The second-order valence-corrected chi connectivity index (χ2v) is 9.74. The van der Waals surface area contributed by atoms with E-state index in [1.807, 2.05) is 0 Å². The highest BCUT2D eigenvalue weighted by atomic mass is 32.2. The minimum atomic E-state index is -3.89. The predicted octanol–water partition coefficient (Wildman–Crippen LogP) is 3.60. The van der Waals surface area contributed by atoms with Gasteiger partial charge in [-0.05, 0) is 74.8 Å². The zero-order chi connectivity index (χ0) is 20.9. The van der Waals surface area contributed by atoms with Crippen LogP contribution >= 0.6 is 0 Å². The molecule has 158 valence electrons. The molecule has 2 aliphatic heterocycles. The Hall–Kier alpha value is -2.58. The first kappa shape index (κ1) is 19.4. The number of piperidine rings is 1. The molecule has 0 saturated carbocycles. The monoisotopic (exact) mass is 430 g/mol. The van der Waals surface area contributed by atoms with Gasteiger partial charge in [0.25, 0.3) is 10.0 Å². The van der Waals surface area contributed by atoms with Crippen LogP contribution in [-0.2, 0) is 10.0 Å². The summed E-state index contributed by atoms with van der Waals surface area (Å²) in [5.41, 5.74) is 1.37. The van der Waals surface area contributed by atoms with E-state index in [1.165, 1.54) is 28.2 Å². The van der Waals surface area contributed by atoms with Crippen molar-refractivity contribution in [2.45, 2.75) is 23.7 Å². The second-order valence-electron chi connectivity index (χ2n) is 7.93. The maximum atomic E-state index is 14.1. The molecule has 30 heavy (non-hydrogen) atoms. The van der Waals surface area contributed by atoms with Crippen LogP contribution in [-0.4, -0.2) is 50.6 Å². The van der Waals surface area contributed by atoms with Crippen LogP contribution in [0.5, 0.6) is 11.5 Å². The lowest BCUT2D eigenvalue weighted by Crippen LogP contribution is -2.29. The van der Waals surface area contributed by atoms with Gasteiger partial charge in [-0.25, -0.2) is 16.8 Å². The number of likely N-dealkylation sites (tertiary alicyclic amines) is 1. The van der Waals surface area contributed by atoms with Crippen molar-refractivity contribution in [2.24, 2.45) is 0 Å². The summed E-state index contributed by atoms with van der Waals surface area (Å²) in [6, 6.07) is 8.92. The first-order chi connectivity index (χ1) is 14.4. The van der Waals surface area contributed by atoms with Crippen LogP contribution < -0.4 is 9.47 Å². The Bertz CT molecular complexity index is 1210. The number of nitrogens with zero attached hydrogens (tertiary/aromatic N) is 2. The average molecular weight is 431 g/mol. The molecule has 3 aromatic rings. The van der Waals surface area contributed by atoms with Gasteiger partial charge in [-0.1, -0.05) is 0 Å². The van der Waals surface area contributed by atoms with Crippen molar-refractivity contribution >= 4 is 20.9 Å². The molecule has 1 saturated heterocycles. The van der Waals surface area contributed by atoms with Crippen LogP contribution in [0.4, 0.5) is 4.39 Å². The first-order valence-electron chi connectivity index (χ1n) is 10.1. The Balaban J connectivity index is 1.63. The fraction of sp³-hybridized carbons (Fsp3) is 0.364. The van der Waals surface area contributed by atoms with Gasteiger partial charge >= 0.3 is 0 Å². The van der Waals surface area contributed by atoms with Crippen molar-refractivity contribution in [3.05, 3.63) is 54.0 Å². The third-order valence-corrected chi connectivity index (χ3v) is 7.66. The summed E-state index contributed by atoms with van der Waals surface area (Å²) < 4.78 is 53.5. The fourth-order valence-corrected chi connectivity index (χ4v) is 5.73. The molecule has 3 heterocycles. The molecule has 0 bridgehead atoms. The Morgan fingerprint density at radius 1 is 1.00 bits per heavy atom. The molecular weight excluding hydrogens is 407 g/mol. The zero-order valence-corrected chi connectivity index (χ0v) is 17.5. The minimum absolute atomic E-state index is 0.114. The van der Waals surface area contributed by atoms with E-state index < -0.39 is 10.0 Å². The minimum Gasteiger partial charge on any atom is -0.486 e. The molecule has 1 aromatic heterocycles. The van der Waals surface area contributed by atoms with Gasteiger partial charge in [-0.15, -0.1) is 0 Å². The topological polar surface area (TPSA) is 60.8 Å². The number of hydrogen-bond donors (Lipinski definition) is 0. The molecule has 0 spiro atoms. The standard InChI is InChI=1S/C22H23FN2O4S/c1-24-8-6-15(7-9-24)19-14-25(20-4-2-16(23)12-18(19)20)30(26,27)17-3-5-21-22(13-17)29-11-10-28-21/h2-5,12-15H,6-11H2,1H3. The molecule has 1 fully saturated rings. The van der Waals surface area contributed by atoms with Gasteiger partial charge in [0.15, 0.2) is 11.5 Å². The van der Waals surface area contributed by atoms with Gasteiger partial charge in [0.2, 0.25) is 0 Å². The fourth-order valence-electron chi connectivity index (χ4n) is 4.34. The molecular formula is C22H23FN2O4S. The maximum absolute atomic E-state index is 14.1. The van der Waals surface area contributed by atoms with Crippen LogP contribution in [0.1, 0.15) is 24.3 Å². The predicted molar refractivity (Wildman–Crippen MR) is 111 cm³/mol. The molecule has 2 aliphatic rings. The smallest absolute Gasteiger partial charge is 0.268 e. The molecule has 8 heteroatoms. The van der Waals surface area contributed by atoms with Crippen molar-refractivity contribution < 1.29 is 22.3 Å². The summed E-state index contributed by atoms with van der Waals surface area (Å²) in [5, 5.41) is 0.658. The van der Waals surface area contributed by atoms with E-state index in [0.29, 0.717) is 35.6 Å². The average Bonchev–Trinajstić information content (AvgIpc) is 3.13. The van der Waals surface area contributed by atoms with Crippen molar-refractivity contribution in [3.63, 3.8) is 0 Å². The van der Waals surface area contributed by atoms with E-state index in [1.54, 1.807) is 18.3 Å². The number of ether oxygens (including phenoxy) is 2. The molecule has 0 aliphatic carbocycles. The van der Waals surface area contributed by atoms with Crippen molar-refractivity contribution in [1.29, 1.82) is 0 Å². The molecule has 2 aromatic carbocycles. The third-order valence-electron chi connectivity index (χ3n) is 5.99. The van der Waals surface area contributed by atoms with Crippen molar-refractivity contribution in [1.82, 2.24) is 8.87 Å². The van der Waals surface area contributed by atoms with Crippen molar-refractivity contribution in [3.8, 4) is 11.5 Å². The van der Waals surface area contributed by atoms with Crippen LogP contribution in [0.2, 0.25) is 0 Å². The molecule has 5 rings (SSSR count). The largest absolute Gasteiger partial charge is 0.486 e. The Morgan fingerprint density at radius 2 is 1.73 bits per heavy atom. The molecule has 0 unspecified atom stereocenters. The first-order valence-corrected chi connectivity index (χ1v) is 11.5. The lowest BCUT2D eigenvalue weighted by Gasteiger charge is -2.28. The van der Waals surface area contributed by atoms with E-state index in [-0.39, 0.29) is 16.6 Å². The number of benzene rings is 2.